The van der Waals surface area contributed by atoms with Crippen molar-refractivity contribution in [1.82, 2.24) is 5.32 Å². The third-order valence-corrected chi connectivity index (χ3v) is 4.43. The van der Waals surface area contributed by atoms with E-state index >= 15 is 0 Å². The first-order chi connectivity index (χ1) is 9.26. The van der Waals surface area contributed by atoms with E-state index in [-0.39, 0.29) is 6.10 Å². The van der Waals surface area contributed by atoms with E-state index in [1.165, 1.54) is 43.2 Å². The van der Waals surface area contributed by atoms with E-state index in [1.807, 2.05) is 14.2 Å². The Kier molecular flexibility index (Phi) is 5.41. The van der Waals surface area contributed by atoms with Crippen LogP contribution in [0.15, 0.2) is 24.3 Å². The van der Waals surface area contributed by atoms with Gasteiger partial charge in [-0.05, 0) is 38.3 Å². The van der Waals surface area contributed by atoms with Crippen molar-refractivity contribution in [1.29, 1.82) is 0 Å². The van der Waals surface area contributed by atoms with Crippen molar-refractivity contribution in [3.05, 3.63) is 35.4 Å². The molecule has 106 valence electrons. The second kappa shape index (κ2) is 7.06. The Morgan fingerprint density at radius 1 is 1.21 bits per heavy atom. The number of aryl methyl sites for hydroxylation is 1. The fraction of sp³-hybridized carbons (Fsp3) is 0.647. The molecule has 2 atom stereocenters. The molecule has 1 aliphatic rings. The van der Waals surface area contributed by atoms with Gasteiger partial charge in [0, 0.05) is 7.11 Å². The van der Waals surface area contributed by atoms with Crippen molar-refractivity contribution in [2.75, 3.05) is 14.2 Å². The lowest BCUT2D eigenvalue weighted by Gasteiger charge is -2.35. The molecule has 2 rings (SSSR count). The van der Waals surface area contributed by atoms with Crippen LogP contribution in [0.3, 0.4) is 0 Å². The van der Waals surface area contributed by atoms with Gasteiger partial charge in [-0.2, -0.15) is 0 Å². The van der Waals surface area contributed by atoms with Crippen molar-refractivity contribution in [2.24, 2.45) is 5.92 Å². The van der Waals surface area contributed by atoms with Gasteiger partial charge in [-0.25, -0.2) is 0 Å². The maximum absolute atomic E-state index is 5.87. The summed E-state index contributed by atoms with van der Waals surface area (Å²) in [5.74, 6) is 0.691. The number of methoxy groups -OCH3 is 1. The summed E-state index contributed by atoms with van der Waals surface area (Å²) < 4.78 is 5.87. The summed E-state index contributed by atoms with van der Waals surface area (Å²) in [4.78, 5) is 0. The van der Waals surface area contributed by atoms with Crippen LogP contribution in [0, 0.1) is 12.8 Å². The van der Waals surface area contributed by atoms with Crippen LogP contribution in [0.5, 0.6) is 0 Å². The molecule has 0 spiro atoms. The highest BCUT2D eigenvalue weighted by Gasteiger charge is 2.30. The molecule has 19 heavy (non-hydrogen) atoms. The van der Waals surface area contributed by atoms with Gasteiger partial charge in [0.1, 0.15) is 0 Å². The van der Waals surface area contributed by atoms with Crippen LogP contribution in [-0.2, 0) is 4.74 Å². The molecule has 1 N–H and O–H groups in total. The minimum atomic E-state index is 0.284. The number of hydrogen-bond acceptors (Lipinski definition) is 2. The van der Waals surface area contributed by atoms with E-state index in [4.69, 9.17) is 4.74 Å². The predicted octanol–water partition coefficient (Wildman–Crippen LogP) is 3.85. The van der Waals surface area contributed by atoms with Gasteiger partial charge < -0.3 is 10.1 Å². The highest BCUT2D eigenvalue weighted by molar-refractivity contribution is 5.26. The van der Waals surface area contributed by atoms with Crippen LogP contribution in [0.2, 0.25) is 0 Å². The molecule has 0 aliphatic heterocycles. The first kappa shape index (κ1) is 14.5. The van der Waals surface area contributed by atoms with Crippen LogP contribution < -0.4 is 5.32 Å². The lowest BCUT2D eigenvalue weighted by atomic mass is 9.81. The topological polar surface area (TPSA) is 21.3 Å². The molecule has 0 amide bonds. The Labute approximate surface area is 117 Å². The Balaban J connectivity index is 2.17. The molecule has 0 radical (unpaired) electrons. The fourth-order valence-electron chi connectivity index (χ4n) is 3.45. The van der Waals surface area contributed by atoms with Crippen molar-refractivity contribution >= 4 is 0 Å². The molecule has 1 fully saturated rings. The monoisotopic (exact) mass is 261 g/mol. The van der Waals surface area contributed by atoms with Gasteiger partial charge >= 0.3 is 0 Å². The molecule has 1 saturated carbocycles. The van der Waals surface area contributed by atoms with Gasteiger partial charge in [0.15, 0.2) is 0 Å². The van der Waals surface area contributed by atoms with Gasteiger partial charge in [0.05, 0.1) is 12.1 Å². The van der Waals surface area contributed by atoms with Gasteiger partial charge in [-0.3, -0.25) is 0 Å². The molecular formula is C17H27NO. The minimum absolute atomic E-state index is 0.284. The van der Waals surface area contributed by atoms with Gasteiger partial charge in [0.2, 0.25) is 0 Å². The second-order valence-corrected chi connectivity index (χ2v) is 5.78. The SMILES string of the molecule is CNC(c1cccc(C)c1)C(OC)C1CCCCC1. The Morgan fingerprint density at radius 2 is 1.95 bits per heavy atom. The van der Waals surface area contributed by atoms with Crippen molar-refractivity contribution in [2.45, 2.75) is 51.2 Å². The molecule has 0 aromatic heterocycles. The Morgan fingerprint density at radius 3 is 2.53 bits per heavy atom. The summed E-state index contributed by atoms with van der Waals surface area (Å²) in [5.41, 5.74) is 2.66. The molecular weight excluding hydrogens is 234 g/mol. The van der Waals surface area contributed by atoms with Crippen LogP contribution in [0.25, 0.3) is 0 Å². The Hall–Kier alpha value is -0.860. The zero-order valence-electron chi connectivity index (χ0n) is 12.5. The Bertz CT molecular complexity index is 385. The summed E-state index contributed by atoms with van der Waals surface area (Å²) in [6.45, 7) is 2.15. The summed E-state index contributed by atoms with van der Waals surface area (Å²) in [6.07, 6.45) is 7.00. The second-order valence-electron chi connectivity index (χ2n) is 5.78. The van der Waals surface area contributed by atoms with Crippen LogP contribution in [0.4, 0.5) is 0 Å². The zero-order chi connectivity index (χ0) is 13.7. The van der Waals surface area contributed by atoms with E-state index in [1.54, 1.807) is 0 Å². The molecule has 2 unspecified atom stereocenters. The van der Waals surface area contributed by atoms with Gasteiger partial charge in [0.25, 0.3) is 0 Å². The molecule has 1 aliphatic carbocycles. The van der Waals surface area contributed by atoms with E-state index in [0.29, 0.717) is 12.0 Å². The fourth-order valence-corrected chi connectivity index (χ4v) is 3.45. The highest BCUT2D eigenvalue weighted by Crippen LogP contribution is 2.34. The van der Waals surface area contributed by atoms with Gasteiger partial charge in [-0.15, -0.1) is 0 Å². The minimum Gasteiger partial charge on any atom is -0.379 e. The first-order valence-corrected chi connectivity index (χ1v) is 7.53. The number of rotatable bonds is 5. The van der Waals surface area contributed by atoms with E-state index in [0.717, 1.165) is 0 Å². The van der Waals surface area contributed by atoms with Gasteiger partial charge in [-0.1, -0.05) is 49.1 Å². The zero-order valence-corrected chi connectivity index (χ0v) is 12.5. The van der Waals surface area contributed by atoms with Crippen molar-refractivity contribution < 1.29 is 4.74 Å². The van der Waals surface area contributed by atoms with E-state index in [2.05, 4.69) is 36.5 Å². The maximum Gasteiger partial charge on any atom is 0.0793 e. The average Bonchev–Trinajstić information content (AvgIpc) is 2.45. The molecule has 0 heterocycles. The summed E-state index contributed by atoms with van der Waals surface area (Å²) in [6, 6.07) is 9.08. The van der Waals surface area contributed by atoms with Crippen molar-refractivity contribution in [3.63, 3.8) is 0 Å². The number of hydrogen-bond donors (Lipinski definition) is 1. The predicted molar refractivity (Wildman–Crippen MR) is 80.4 cm³/mol. The number of ether oxygens (including phenoxy) is 1. The molecule has 0 saturated heterocycles. The average molecular weight is 261 g/mol. The highest BCUT2D eigenvalue weighted by atomic mass is 16.5. The summed E-state index contributed by atoms with van der Waals surface area (Å²) in [5, 5.41) is 3.47. The quantitative estimate of drug-likeness (QED) is 0.869. The van der Waals surface area contributed by atoms with E-state index in [9.17, 15) is 0 Å². The largest absolute Gasteiger partial charge is 0.379 e. The molecule has 2 nitrogen and oxygen atoms in total. The van der Waals surface area contributed by atoms with Crippen LogP contribution >= 0.6 is 0 Å². The number of likely N-dealkylation sites (N-methyl/N-ethyl adjacent to an activating group) is 1. The number of benzene rings is 1. The smallest absolute Gasteiger partial charge is 0.0793 e. The molecule has 2 heteroatoms. The van der Waals surface area contributed by atoms with Crippen LogP contribution in [-0.4, -0.2) is 20.3 Å². The molecule has 0 bridgehead atoms. The summed E-state index contributed by atoms with van der Waals surface area (Å²) >= 11 is 0. The first-order valence-electron chi connectivity index (χ1n) is 7.53. The molecule has 1 aromatic rings. The van der Waals surface area contributed by atoms with E-state index < -0.39 is 0 Å². The standard InChI is InChI=1S/C17H27NO/c1-13-8-7-11-15(12-13)16(18-2)17(19-3)14-9-5-4-6-10-14/h7-8,11-12,14,16-18H,4-6,9-10H2,1-3H3. The maximum atomic E-state index is 5.87. The normalized spacial score (nSPS) is 20.2. The third-order valence-electron chi connectivity index (χ3n) is 4.43. The lowest BCUT2D eigenvalue weighted by molar-refractivity contribution is 0.00940. The van der Waals surface area contributed by atoms with Crippen LogP contribution in [0.1, 0.15) is 49.3 Å². The lowest BCUT2D eigenvalue weighted by Crippen LogP contribution is -2.37. The van der Waals surface area contributed by atoms with Crippen molar-refractivity contribution in [3.8, 4) is 0 Å². The summed E-state index contributed by atoms with van der Waals surface area (Å²) in [7, 11) is 3.90. The molecule has 1 aromatic carbocycles. The number of nitrogens with one attached hydrogen (secondary N) is 1. The third kappa shape index (κ3) is 3.58.